The van der Waals surface area contributed by atoms with Gasteiger partial charge in [-0.05, 0) is 18.8 Å². The minimum absolute atomic E-state index is 0.454. The molecule has 17 heavy (non-hydrogen) atoms. The number of anilines is 1. The monoisotopic (exact) mass is 237 g/mol. The first-order chi connectivity index (χ1) is 8.02. The summed E-state index contributed by atoms with van der Waals surface area (Å²) in [5.74, 6) is 1.87. The van der Waals surface area contributed by atoms with Crippen LogP contribution in [-0.2, 0) is 7.05 Å². The Morgan fingerprint density at radius 1 is 1.18 bits per heavy atom. The summed E-state index contributed by atoms with van der Waals surface area (Å²) in [7, 11) is 1.94. The van der Waals surface area contributed by atoms with E-state index < -0.39 is 0 Å². The number of hydrogen-bond acceptors (Lipinski definition) is 2. The van der Waals surface area contributed by atoms with Crippen molar-refractivity contribution in [3.05, 3.63) is 11.3 Å². The maximum Gasteiger partial charge on any atom is 0.125 e. The second-order valence-electron chi connectivity index (χ2n) is 5.24. The molecule has 2 N–H and O–H groups in total. The number of nitrogens with two attached hydrogens (primary N) is 1. The molecular formula is C14H27N3. The molecule has 0 aromatic carbocycles. The fourth-order valence-electron chi connectivity index (χ4n) is 2.58. The van der Waals surface area contributed by atoms with E-state index in [0.717, 1.165) is 5.82 Å². The van der Waals surface area contributed by atoms with Gasteiger partial charge in [0.25, 0.3) is 0 Å². The Hall–Kier alpha value is -0.990. The molecule has 0 atom stereocenters. The molecule has 0 unspecified atom stereocenters. The van der Waals surface area contributed by atoms with Gasteiger partial charge < -0.3 is 5.73 Å². The largest absolute Gasteiger partial charge is 0.384 e. The second kappa shape index (κ2) is 6.08. The molecule has 0 amide bonds. The predicted molar refractivity (Wildman–Crippen MR) is 74.3 cm³/mol. The van der Waals surface area contributed by atoms with Crippen molar-refractivity contribution in [3.63, 3.8) is 0 Å². The van der Waals surface area contributed by atoms with Gasteiger partial charge in [0.2, 0.25) is 0 Å². The fraction of sp³-hybridized carbons (Fsp3) is 0.786. The normalized spacial score (nSPS) is 11.7. The van der Waals surface area contributed by atoms with Crippen LogP contribution in [0.25, 0.3) is 0 Å². The van der Waals surface area contributed by atoms with Gasteiger partial charge in [-0.1, -0.05) is 40.5 Å². The lowest BCUT2D eigenvalue weighted by atomic mass is 9.89. The quantitative estimate of drug-likeness (QED) is 0.817. The van der Waals surface area contributed by atoms with Gasteiger partial charge in [0.15, 0.2) is 0 Å². The number of hydrogen-bond donors (Lipinski definition) is 1. The van der Waals surface area contributed by atoms with Crippen LogP contribution in [0.4, 0.5) is 5.82 Å². The second-order valence-corrected chi connectivity index (χ2v) is 5.24. The smallest absolute Gasteiger partial charge is 0.125 e. The standard InChI is InChI=1S/C14H27N3/c1-6-8-11(9-7-2)13-12(10(3)4)14(15)17(5)16-13/h10-11H,6-9,15H2,1-5H3. The van der Waals surface area contributed by atoms with Crippen molar-refractivity contribution in [1.29, 1.82) is 0 Å². The van der Waals surface area contributed by atoms with E-state index >= 15 is 0 Å². The lowest BCUT2D eigenvalue weighted by molar-refractivity contribution is 0.534. The molecule has 0 saturated heterocycles. The van der Waals surface area contributed by atoms with Crippen molar-refractivity contribution < 1.29 is 0 Å². The van der Waals surface area contributed by atoms with Gasteiger partial charge in [0, 0.05) is 18.5 Å². The van der Waals surface area contributed by atoms with Gasteiger partial charge in [-0.3, -0.25) is 4.68 Å². The van der Waals surface area contributed by atoms with Crippen LogP contribution in [-0.4, -0.2) is 9.78 Å². The highest BCUT2D eigenvalue weighted by Gasteiger charge is 2.22. The predicted octanol–water partition coefficient (Wildman–Crippen LogP) is 3.81. The molecule has 0 radical (unpaired) electrons. The van der Waals surface area contributed by atoms with Crippen molar-refractivity contribution in [3.8, 4) is 0 Å². The molecule has 1 aromatic heterocycles. The Balaban J connectivity index is 3.12. The summed E-state index contributed by atoms with van der Waals surface area (Å²) >= 11 is 0. The van der Waals surface area contributed by atoms with Crippen molar-refractivity contribution in [2.24, 2.45) is 7.05 Å². The third-order valence-corrected chi connectivity index (χ3v) is 3.40. The van der Waals surface area contributed by atoms with Gasteiger partial charge in [0.1, 0.15) is 5.82 Å². The summed E-state index contributed by atoms with van der Waals surface area (Å²) in [6, 6.07) is 0. The number of nitrogens with zero attached hydrogens (tertiary/aromatic N) is 2. The van der Waals surface area contributed by atoms with Crippen LogP contribution in [0.2, 0.25) is 0 Å². The molecule has 0 bridgehead atoms. The Kier molecular flexibility index (Phi) is 5.03. The summed E-state index contributed by atoms with van der Waals surface area (Å²) in [6.45, 7) is 8.88. The van der Waals surface area contributed by atoms with E-state index in [1.54, 1.807) is 0 Å². The lowest BCUT2D eigenvalue weighted by Crippen LogP contribution is -2.04. The highest BCUT2D eigenvalue weighted by Crippen LogP contribution is 2.34. The van der Waals surface area contributed by atoms with Crippen molar-refractivity contribution in [2.75, 3.05) is 5.73 Å². The minimum atomic E-state index is 0.454. The molecular weight excluding hydrogens is 210 g/mol. The molecule has 3 heteroatoms. The third-order valence-electron chi connectivity index (χ3n) is 3.40. The molecule has 1 rings (SSSR count). The van der Waals surface area contributed by atoms with Crippen molar-refractivity contribution in [1.82, 2.24) is 9.78 Å². The maximum atomic E-state index is 6.13. The zero-order chi connectivity index (χ0) is 13.0. The molecule has 0 fully saturated rings. The Morgan fingerprint density at radius 3 is 2.12 bits per heavy atom. The summed E-state index contributed by atoms with van der Waals surface area (Å²) in [4.78, 5) is 0. The summed E-state index contributed by atoms with van der Waals surface area (Å²) in [5, 5.41) is 4.66. The molecule has 0 aliphatic carbocycles. The number of nitrogen functional groups attached to an aromatic ring is 1. The molecule has 3 nitrogen and oxygen atoms in total. The maximum absolute atomic E-state index is 6.13. The van der Waals surface area contributed by atoms with Crippen LogP contribution < -0.4 is 5.73 Å². The zero-order valence-electron chi connectivity index (χ0n) is 12.0. The first-order valence-electron chi connectivity index (χ1n) is 6.85. The highest BCUT2D eigenvalue weighted by atomic mass is 15.3. The van der Waals surface area contributed by atoms with Crippen LogP contribution in [0.3, 0.4) is 0 Å². The molecule has 0 aliphatic rings. The SMILES string of the molecule is CCCC(CCC)c1nn(C)c(N)c1C(C)C. The summed E-state index contributed by atoms with van der Waals surface area (Å²) in [6.07, 6.45) is 4.84. The van der Waals surface area contributed by atoms with E-state index in [2.05, 4.69) is 32.8 Å². The minimum Gasteiger partial charge on any atom is -0.384 e. The van der Waals surface area contributed by atoms with Crippen LogP contribution in [0.1, 0.15) is 76.5 Å². The summed E-state index contributed by atoms with van der Waals surface area (Å²) < 4.78 is 1.84. The first-order valence-corrected chi connectivity index (χ1v) is 6.85. The Bertz CT molecular complexity index is 347. The lowest BCUT2D eigenvalue weighted by Gasteiger charge is -2.16. The molecule has 98 valence electrons. The van der Waals surface area contributed by atoms with Gasteiger partial charge in [-0.15, -0.1) is 0 Å². The average molecular weight is 237 g/mol. The fourth-order valence-corrected chi connectivity index (χ4v) is 2.58. The third kappa shape index (κ3) is 3.02. The number of rotatable bonds is 6. The van der Waals surface area contributed by atoms with Crippen LogP contribution >= 0.6 is 0 Å². The van der Waals surface area contributed by atoms with E-state index in [-0.39, 0.29) is 0 Å². The topological polar surface area (TPSA) is 43.8 Å². The van der Waals surface area contributed by atoms with E-state index in [9.17, 15) is 0 Å². The van der Waals surface area contributed by atoms with E-state index in [4.69, 9.17) is 5.73 Å². The molecule has 1 aromatic rings. The molecule has 1 heterocycles. The van der Waals surface area contributed by atoms with E-state index in [0.29, 0.717) is 11.8 Å². The average Bonchev–Trinajstić information content (AvgIpc) is 2.55. The van der Waals surface area contributed by atoms with E-state index in [1.165, 1.54) is 36.9 Å². The number of aryl methyl sites for hydroxylation is 1. The van der Waals surface area contributed by atoms with Gasteiger partial charge in [-0.2, -0.15) is 5.10 Å². The van der Waals surface area contributed by atoms with Gasteiger partial charge >= 0.3 is 0 Å². The molecule has 0 saturated carbocycles. The Morgan fingerprint density at radius 2 is 1.71 bits per heavy atom. The van der Waals surface area contributed by atoms with Gasteiger partial charge in [-0.25, -0.2) is 0 Å². The number of aromatic nitrogens is 2. The van der Waals surface area contributed by atoms with Crippen LogP contribution in [0, 0.1) is 0 Å². The van der Waals surface area contributed by atoms with Crippen LogP contribution in [0.15, 0.2) is 0 Å². The van der Waals surface area contributed by atoms with Crippen molar-refractivity contribution in [2.45, 2.75) is 65.2 Å². The molecule has 0 spiro atoms. The van der Waals surface area contributed by atoms with Crippen molar-refractivity contribution >= 4 is 5.82 Å². The zero-order valence-corrected chi connectivity index (χ0v) is 12.0. The Labute approximate surface area is 105 Å². The molecule has 0 aliphatic heterocycles. The van der Waals surface area contributed by atoms with E-state index in [1.807, 2.05) is 11.7 Å². The first kappa shape index (κ1) is 14.1. The summed E-state index contributed by atoms with van der Waals surface area (Å²) in [5.41, 5.74) is 8.64. The van der Waals surface area contributed by atoms with Gasteiger partial charge in [0.05, 0.1) is 5.69 Å². The van der Waals surface area contributed by atoms with Crippen LogP contribution in [0.5, 0.6) is 0 Å². The highest BCUT2D eigenvalue weighted by molar-refractivity contribution is 5.46.